The molecule has 0 bridgehead atoms. The average Bonchev–Trinajstić information content (AvgIpc) is 2.25. The van der Waals surface area contributed by atoms with Crippen molar-refractivity contribution in [1.29, 1.82) is 0 Å². The van der Waals surface area contributed by atoms with E-state index in [1.54, 1.807) is 24.3 Å². The molecule has 0 N–H and O–H groups in total. The van der Waals surface area contributed by atoms with Crippen LogP contribution in [0.25, 0.3) is 0 Å². The summed E-state index contributed by atoms with van der Waals surface area (Å²) in [5.41, 5.74) is 0.597. The van der Waals surface area contributed by atoms with Crippen molar-refractivity contribution in [2.75, 3.05) is 12.5 Å². The quantitative estimate of drug-likeness (QED) is 0.435. The first-order valence-corrected chi connectivity index (χ1v) is 4.60. The van der Waals surface area contributed by atoms with Crippen LogP contribution in [0, 0.1) is 0 Å². The molecule has 0 saturated heterocycles. The molecule has 0 heterocycles. The number of carbonyl (C=O) groups is 2. The van der Waals surface area contributed by atoms with Gasteiger partial charge in [-0.05, 0) is 6.07 Å². The Bertz CT molecular complexity index is 336. The van der Waals surface area contributed by atoms with Crippen LogP contribution in [0.15, 0.2) is 24.3 Å². The second-order valence-electron chi connectivity index (χ2n) is 2.53. The standard InChI is InChI=1S/C10H9ClO3/c11-5-6-14-10(13)9-4-2-1-3-8(9)7-12/h1-4,7H,5-6H2. The lowest BCUT2D eigenvalue weighted by Gasteiger charge is -2.03. The van der Waals surface area contributed by atoms with Crippen LogP contribution in [0.4, 0.5) is 0 Å². The van der Waals surface area contributed by atoms with Crippen molar-refractivity contribution in [2.24, 2.45) is 0 Å². The van der Waals surface area contributed by atoms with Gasteiger partial charge in [-0.25, -0.2) is 4.79 Å². The molecule has 1 rings (SSSR count). The zero-order valence-corrected chi connectivity index (χ0v) is 8.16. The van der Waals surface area contributed by atoms with Gasteiger partial charge in [0.2, 0.25) is 0 Å². The summed E-state index contributed by atoms with van der Waals surface area (Å²) in [5.74, 6) is -0.275. The third-order valence-corrected chi connectivity index (χ3v) is 1.77. The van der Waals surface area contributed by atoms with Gasteiger partial charge in [-0.3, -0.25) is 4.79 Å². The summed E-state index contributed by atoms with van der Waals surface area (Å²) < 4.78 is 4.79. The highest BCUT2D eigenvalue weighted by Crippen LogP contribution is 2.07. The molecule has 0 aliphatic rings. The number of benzene rings is 1. The van der Waals surface area contributed by atoms with E-state index in [-0.39, 0.29) is 18.1 Å². The lowest BCUT2D eigenvalue weighted by molar-refractivity contribution is 0.0527. The second-order valence-corrected chi connectivity index (χ2v) is 2.91. The third-order valence-electron chi connectivity index (χ3n) is 1.62. The van der Waals surface area contributed by atoms with Crippen LogP contribution in [0.1, 0.15) is 20.7 Å². The normalized spacial score (nSPS) is 9.50. The lowest BCUT2D eigenvalue weighted by atomic mass is 10.1. The smallest absolute Gasteiger partial charge is 0.338 e. The maximum atomic E-state index is 11.3. The third kappa shape index (κ3) is 2.57. The Balaban J connectivity index is 2.83. The Morgan fingerprint density at radius 3 is 2.79 bits per heavy atom. The van der Waals surface area contributed by atoms with E-state index in [2.05, 4.69) is 0 Å². The summed E-state index contributed by atoms with van der Waals surface area (Å²) >= 11 is 5.36. The molecule has 0 radical (unpaired) electrons. The van der Waals surface area contributed by atoms with Crippen molar-refractivity contribution in [1.82, 2.24) is 0 Å². The monoisotopic (exact) mass is 212 g/mol. The number of carbonyl (C=O) groups excluding carboxylic acids is 2. The zero-order valence-electron chi connectivity index (χ0n) is 7.40. The molecule has 0 aliphatic carbocycles. The molecule has 0 aromatic heterocycles. The highest BCUT2D eigenvalue weighted by Gasteiger charge is 2.10. The number of hydrogen-bond acceptors (Lipinski definition) is 3. The molecule has 0 aliphatic heterocycles. The topological polar surface area (TPSA) is 43.4 Å². The van der Waals surface area contributed by atoms with Crippen LogP contribution < -0.4 is 0 Å². The predicted octanol–water partition coefficient (Wildman–Crippen LogP) is 1.89. The van der Waals surface area contributed by atoms with Gasteiger partial charge in [0.15, 0.2) is 6.29 Å². The van der Waals surface area contributed by atoms with Crippen molar-refractivity contribution < 1.29 is 14.3 Å². The first-order chi connectivity index (χ1) is 6.79. The van der Waals surface area contributed by atoms with Gasteiger partial charge >= 0.3 is 5.97 Å². The van der Waals surface area contributed by atoms with Crippen LogP contribution in [-0.2, 0) is 4.74 Å². The number of hydrogen-bond donors (Lipinski definition) is 0. The molecule has 0 unspecified atom stereocenters. The summed E-state index contributed by atoms with van der Waals surface area (Å²) in [7, 11) is 0. The van der Waals surface area contributed by atoms with Crippen molar-refractivity contribution >= 4 is 23.9 Å². The van der Waals surface area contributed by atoms with E-state index in [1.807, 2.05) is 0 Å². The summed E-state index contributed by atoms with van der Waals surface area (Å²) in [6, 6.07) is 6.46. The summed E-state index contributed by atoms with van der Waals surface area (Å²) in [6.45, 7) is 0.146. The van der Waals surface area contributed by atoms with Crippen LogP contribution in [0.3, 0.4) is 0 Å². The molecule has 0 atom stereocenters. The Hall–Kier alpha value is -1.35. The molecule has 14 heavy (non-hydrogen) atoms. The molecule has 0 saturated carbocycles. The summed E-state index contributed by atoms with van der Waals surface area (Å²) in [5, 5.41) is 0. The molecule has 1 aromatic carbocycles. The average molecular weight is 213 g/mol. The van der Waals surface area contributed by atoms with Gasteiger partial charge in [0.05, 0.1) is 11.4 Å². The highest BCUT2D eigenvalue weighted by molar-refractivity contribution is 6.18. The Morgan fingerprint density at radius 2 is 2.14 bits per heavy atom. The van der Waals surface area contributed by atoms with Crippen LogP contribution >= 0.6 is 11.6 Å². The van der Waals surface area contributed by atoms with Crippen molar-refractivity contribution in [3.63, 3.8) is 0 Å². The minimum Gasteiger partial charge on any atom is -0.461 e. The molecule has 3 nitrogen and oxygen atoms in total. The van der Waals surface area contributed by atoms with Crippen LogP contribution in [0.5, 0.6) is 0 Å². The van der Waals surface area contributed by atoms with Gasteiger partial charge in [0.1, 0.15) is 6.61 Å². The molecular weight excluding hydrogens is 204 g/mol. The fourth-order valence-corrected chi connectivity index (χ4v) is 1.07. The fraction of sp³-hybridized carbons (Fsp3) is 0.200. The van der Waals surface area contributed by atoms with Gasteiger partial charge < -0.3 is 4.74 Å². The Morgan fingerprint density at radius 1 is 1.43 bits per heavy atom. The SMILES string of the molecule is O=Cc1ccccc1C(=O)OCCCl. The number of halogens is 1. The van der Waals surface area contributed by atoms with Gasteiger partial charge in [-0.1, -0.05) is 18.2 Å². The highest BCUT2D eigenvalue weighted by atomic mass is 35.5. The van der Waals surface area contributed by atoms with Crippen molar-refractivity contribution in [3.05, 3.63) is 35.4 Å². The number of rotatable bonds is 4. The molecule has 0 fully saturated rings. The second kappa shape index (κ2) is 5.40. The van der Waals surface area contributed by atoms with Gasteiger partial charge in [0, 0.05) is 5.56 Å². The van der Waals surface area contributed by atoms with E-state index in [1.165, 1.54) is 0 Å². The van der Waals surface area contributed by atoms with E-state index in [0.29, 0.717) is 11.8 Å². The van der Waals surface area contributed by atoms with E-state index >= 15 is 0 Å². The van der Waals surface area contributed by atoms with E-state index in [0.717, 1.165) is 0 Å². The Kier molecular flexibility index (Phi) is 4.13. The molecule has 1 aromatic rings. The van der Waals surface area contributed by atoms with E-state index in [9.17, 15) is 9.59 Å². The van der Waals surface area contributed by atoms with Crippen LogP contribution in [0.2, 0.25) is 0 Å². The van der Waals surface area contributed by atoms with Gasteiger partial charge in [0.25, 0.3) is 0 Å². The first-order valence-electron chi connectivity index (χ1n) is 4.07. The van der Waals surface area contributed by atoms with Crippen molar-refractivity contribution in [3.8, 4) is 0 Å². The predicted molar refractivity (Wildman–Crippen MR) is 52.8 cm³/mol. The van der Waals surface area contributed by atoms with E-state index in [4.69, 9.17) is 16.3 Å². The minimum absolute atomic E-state index is 0.146. The number of alkyl halides is 1. The zero-order chi connectivity index (χ0) is 10.4. The Labute approximate surface area is 86.6 Å². The lowest BCUT2D eigenvalue weighted by Crippen LogP contribution is -2.09. The summed E-state index contributed by atoms with van der Waals surface area (Å²) in [6.07, 6.45) is 0.622. The van der Waals surface area contributed by atoms with E-state index < -0.39 is 5.97 Å². The molecule has 0 amide bonds. The first kappa shape index (κ1) is 10.7. The number of aldehydes is 1. The molecule has 4 heteroatoms. The fourth-order valence-electron chi connectivity index (χ4n) is 0.995. The van der Waals surface area contributed by atoms with Crippen molar-refractivity contribution in [2.45, 2.75) is 0 Å². The number of esters is 1. The molecule has 74 valence electrons. The van der Waals surface area contributed by atoms with Crippen LogP contribution in [-0.4, -0.2) is 24.7 Å². The largest absolute Gasteiger partial charge is 0.461 e. The maximum absolute atomic E-state index is 11.3. The van der Waals surface area contributed by atoms with Gasteiger partial charge in [-0.15, -0.1) is 11.6 Å². The molecular formula is C10H9ClO3. The maximum Gasteiger partial charge on any atom is 0.338 e. The van der Waals surface area contributed by atoms with Gasteiger partial charge in [-0.2, -0.15) is 0 Å². The summed E-state index contributed by atoms with van der Waals surface area (Å²) in [4.78, 5) is 21.9. The number of ether oxygens (including phenoxy) is 1. The minimum atomic E-state index is -0.520. The molecule has 0 spiro atoms.